The fraction of sp³-hybridized carbons (Fsp3) is 0.130. The van der Waals surface area contributed by atoms with E-state index in [1.165, 1.54) is 33.4 Å². The molecule has 0 aliphatic heterocycles. The standard InChI is InChI=1S/C46H34N4/c1-30-20-23-44-40(26-30)37-15-4-7-19-43(37)50(44)42-18-6-3-14-36(42)39-16-9-10-32(24-25-47)46(39)33-11-8-12-34(28-33)49-41-17-5-2-13-35(41)38-22-21-31(29-48)27-45(38)49/h2-5,7-17,19-23,27-28,30H,6,18,24,26H2,1H3. The molecule has 2 heterocycles. The molecule has 2 aliphatic rings. The molecular formula is C46H34N4. The Bertz CT molecular complexity index is 2700. The van der Waals surface area contributed by atoms with E-state index in [1.54, 1.807) is 0 Å². The van der Waals surface area contributed by atoms with Gasteiger partial charge in [0.15, 0.2) is 0 Å². The predicted octanol–water partition coefficient (Wildman–Crippen LogP) is 11.3. The maximum Gasteiger partial charge on any atom is 0.0992 e. The van der Waals surface area contributed by atoms with Crippen molar-refractivity contribution in [2.45, 2.75) is 32.6 Å². The minimum atomic E-state index is 0.309. The topological polar surface area (TPSA) is 57.4 Å². The molecule has 0 bridgehead atoms. The summed E-state index contributed by atoms with van der Waals surface area (Å²) in [5.41, 5.74) is 14.5. The van der Waals surface area contributed by atoms with E-state index in [0.29, 0.717) is 17.9 Å². The van der Waals surface area contributed by atoms with Crippen molar-refractivity contribution in [2.75, 3.05) is 0 Å². The Balaban J connectivity index is 1.30. The normalized spacial score (nSPS) is 15.5. The minimum Gasteiger partial charge on any atom is -0.313 e. The number of hydrogen-bond donors (Lipinski definition) is 0. The van der Waals surface area contributed by atoms with Crippen LogP contribution in [0.5, 0.6) is 0 Å². The Morgan fingerprint density at radius 2 is 1.52 bits per heavy atom. The lowest BCUT2D eigenvalue weighted by atomic mass is 9.86. The van der Waals surface area contributed by atoms with E-state index >= 15 is 0 Å². The van der Waals surface area contributed by atoms with Gasteiger partial charge < -0.3 is 9.13 Å². The summed E-state index contributed by atoms with van der Waals surface area (Å²) in [4.78, 5) is 0. The highest BCUT2D eigenvalue weighted by Gasteiger charge is 2.25. The first-order valence-electron chi connectivity index (χ1n) is 17.4. The molecule has 2 aliphatic carbocycles. The fourth-order valence-electron chi connectivity index (χ4n) is 8.30. The van der Waals surface area contributed by atoms with Crippen molar-refractivity contribution in [2.24, 2.45) is 5.92 Å². The summed E-state index contributed by atoms with van der Waals surface area (Å²) >= 11 is 0. The first-order valence-corrected chi connectivity index (χ1v) is 17.4. The molecule has 9 rings (SSSR count). The summed E-state index contributed by atoms with van der Waals surface area (Å²) in [7, 11) is 0. The summed E-state index contributed by atoms with van der Waals surface area (Å²) in [5.74, 6) is 0.504. The second kappa shape index (κ2) is 12.0. The van der Waals surface area contributed by atoms with Crippen LogP contribution < -0.4 is 0 Å². The van der Waals surface area contributed by atoms with E-state index < -0.39 is 0 Å². The van der Waals surface area contributed by atoms with Crippen molar-refractivity contribution in [1.29, 1.82) is 10.5 Å². The number of nitriles is 2. The fourth-order valence-corrected chi connectivity index (χ4v) is 8.30. The van der Waals surface area contributed by atoms with Crippen molar-refractivity contribution >= 4 is 50.1 Å². The summed E-state index contributed by atoms with van der Waals surface area (Å²) in [6.45, 7) is 2.29. The summed E-state index contributed by atoms with van der Waals surface area (Å²) < 4.78 is 4.77. The van der Waals surface area contributed by atoms with E-state index in [1.807, 2.05) is 12.1 Å². The van der Waals surface area contributed by atoms with Crippen LogP contribution in [0.4, 0.5) is 0 Å². The van der Waals surface area contributed by atoms with Crippen molar-refractivity contribution in [3.63, 3.8) is 0 Å². The Labute approximate surface area is 291 Å². The summed E-state index contributed by atoms with van der Waals surface area (Å²) in [6.07, 6.45) is 12.5. The number of fused-ring (bicyclic) bond motifs is 6. The molecule has 2 aromatic heterocycles. The van der Waals surface area contributed by atoms with Crippen molar-refractivity contribution in [3.8, 4) is 29.0 Å². The highest BCUT2D eigenvalue weighted by Crippen LogP contribution is 2.43. The molecule has 0 fully saturated rings. The van der Waals surface area contributed by atoms with E-state index in [4.69, 9.17) is 0 Å². The lowest BCUT2D eigenvalue weighted by molar-refractivity contribution is 0.717. The van der Waals surface area contributed by atoms with Gasteiger partial charge in [0.2, 0.25) is 0 Å². The molecule has 5 aromatic carbocycles. The highest BCUT2D eigenvalue weighted by molar-refractivity contribution is 6.10. The molecule has 0 N–H and O–H groups in total. The van der Waals surface area contributed by atoms with Crippen LogP contribution in [0.25, 0.3) is 66.9 Å². The third-order valence-electron chi connectivity index (χ3n) is 10.4. The zero-order valence-electron chi connectivity index (χ0n) is 27.9. The smallest absolute Gasteiger partial charge is 0.0992 e. The number of rotatable bonds is 5. The van der Waals surface area contributed by atoms with Gasteiger partial charge in [-0.2, -0.15) is 10.5 Å². The summed E-state index contributed by atoms with van der Waals surface area (Å²) in [5, 5.41) is 23.4. The number of hydrogen-bond acceptors (Lipinski definition) is 2. The van der Waals surface area contributed by atoms with Gasteiger partial charge in [0.05, 0.1) is 40.7 Å². The maximum absolute atomic E-state index is 10.0. The lowest BCUT2D eigenvalue weighted by Gasteiger charge is -2.24. The van der Waals surface area contributed by atoms with Gasteiger partial charge in [-0.1, -0.05) is 97.9 Å². The van der Waals surface area contributed by atoms with Gasteiger partial charge in [-0.25, -0.2) is 0 Å². The van der Waals surface area contributed by atoms with Crippen LogP contribution in [0.3, 0.4) is 0 Å². The van der Waals surface area contributed by atoms with Crippen LogP contribution in [-0.2, 0) is 12.8 Å². The average molecular weight is 643 g/mol. The van der Waals surface area contributed by atoms with E-state index in [-0.39, 0.29) is 0 Å². The largest absolute Gasteiger partial charge is 0.313 e. The number of allylic oxidation sites excluding steroid dienone is 5. The van der Waals surface area contributed by atoms with Crippen LogP contribution in [0.2, 0.25) is 0 Å². The highest BCUT2D eigenvalue weighted by atomic mass is 15.0. The van der Waals surface area contributed by atoms with Crippen LogP contribution in [-0.4, -0.2) is 9.13 Å². The quantitative estimate of drug-likeness (QED) is 0.188. The Kier molecular flexibility index (Phi) is 7.11. The molecule has 0 saturated carbocycles. The van der Waals surface area contributed by atoms with E-state index in [9.17, 15) is 10.5 Å². The second-order valence-electron chi connectivity index (χ2n) is 13.5. The molecule has 0 spiro atoms. The summed E-state index contributed by atoms with van der Waals surface area (Å²) in [6, 6.07) is 43.0. The van der Waals surface area contributed by atoms with Crippen LogP contribution >= 0.6 is 0 Å². The van der Waals surface area contributed by atoms with Crippen molar-refractivity contribution in [3.05, 3.63) is 155 Å². The lowest BCUT2D eigenvalue weighted by Crippen LogP contribution is -2.09. The monoisotopic (exact) mass is 642 g/mol. The molecule has 4 heteroatoms. The third-order valence-corrected chi connectivity index (χ3v) is 10.4. The Hall–Kier alpha value is -6.36. The van der Waals surface area contributed by atoms with Gasteiger partial charge >= 0.3 is 0 Å². The molecule has 7 aromatic rings. The molecule has 1 unspecified atom stereocenters. The van der Waals surface area contributed by atoms with Gasteiger partial charge in [0.1, 0.15) is 0 Å². The zero-order chi connectivity index (χ0) is 33.8. The van der Waals surface area contributed by atoms with Crippen molar-refractivity contribution < 1.29 is 0 Å². The third kappa shape index (κ3) is 4.65. The van der Waals surface area contributed by atoms with E-state index in [0.717, 1.165) is 69.0 Å². The minimum absolute atomic E-state index is 0.309. The predicted molar refractivity (Wildman–Crippen MR) is 206 cm³/mol. The molecular weight excluding hydrogens is 609 g/mol. The van der Waals surface area contributed by atoms with Gasteiger partial charge in [-0.3, -0.25) is 0 Å². The van der Waals surface area contributed by atoms with Gasteiger partial charge in [-0.05, 0) is 95.5 Å². The molecule has 0 amide bonds. The number of para-hydroxylation sites is 2. The van der Waals surface area contributed by atoms with E-state index in [2.05, 4.69) is 150 Å². The molecule has 238 valence electrons. The first-order chi connectivity index (χ1) is 24.6. The molecule has 50 heavy (non-hydrogen) atoms. The van der Waals surface area contributed by atoms with Gasteiger partial charge in [-0.15, -0.1) is 0 Å². The average Bonchev–Trinajstić information content (AvgIpc) is 3.67. The molecule has 1 atom stereocenters. The number of nitrogens with zero attached hydrogens (tertiary/aromatic N) is 4. The Morgan fingerprint density at radius 3 is 2.36 bits per heavy atom. The van der Waals surface area contributed by atoms with Gasteiger partial charge in [0.25, 0.3) is 0 Å². The zero-order valence-corrected chi connectivity index (χ0v) is 27.9. The number of benzene rings is 5. The Morgan fingerprint density at radius 1 is 0.740 bits per heavy atom. The molecule has 0 radical (unpaired) electrons. The second-order valence-corrected chi connectivity index (χ2v) is 13.5. The van der Waals surface area contributed by atoms with Crippen LogP contribution in [0.15, 0.2) is 127 Å². The van der Waals surface area contributed by atoms with Crippen LogP contribution in [0.1, 0.15) is 47.7 Å². The van der Waals surface area contributed by atoms with Crippen molar-refractivity contribution in [1.82, 2.24) is 9.13 Å². The molecule has 0 saturated heterocycles. The maximum atomic E-state index is 10.0. The van der Waals surface area contributed by atoms with Gasteiger partial charge in [0, 0.05) is 38.8 Å². The SMILES string of the molecule is CC1C=Cc2c(c3ccccc3n2C2=C(c3cccc(CC#N)c3-c3cccc(-n4c5ccccc5c5ccc(C#N)cc54)c3)C=CCC2)C1. The molecule has 4 nitrogen and oxygen atoms in total. The first kappa shape index (κ1) is 29.8. The van der Waals surface area contributed by atoms with Crippen LogP contribution in [0, 0.1) is 28.6 Å². The number of aromatic nitrogens is 2.